The van der Waals surface area contributed by atoms with Gasteiger partial charge in [-0.1, -0.05) is 0 Å². The summed E-state index contributed by atoms with van der Waals surface area (Å²) in [6, 6.07) is 1.92. The largest absolute Gasteiger partial charge is 0.495 e. The Morgan fingerprint density at radius 3 is 3.09 bits per heavy atom. The maximum Gasteiger partial charge on any atom is 0.140 e. The fourth-order valence-electron chi connectivity index (χ4n) is 0.955. The minimum atomic E-state index is 0.639. The Morgan fingerprint density at radius 2 is 2.45 bits per heavy atom. The van der Waals surface area contributed by atoms with E-state index in [1.54, 1.807) is 19.5 Å². The van der Waals surface area contributed by atoms with Gasteiger partial charge in [-0.2, -0.15) is 0 Å². The molecular formula is C8H12N2O. The van der Waals surface area contributed by atoms with Crippen LogP contribution in [0.3, 0.4) is 0 Å². The quantitative estimate of drug-likeness (QED) is 0.689. The average molecular weight is 152 g/mol. The fraction of sp³-hybridized carbons (Fsp3) is 0.375. The fourth-order valence-corrected chi connectivity index (χ4v) is 0.955. The van der Waals surface area contributed by atoms with E-state index in [0.29, 0.717) is 6.54 Å². The molecule has 11 heavy (non-hydrogen) atoms. The van der Waals surface area contributed by atoms with Gasteiger partial charge in [-0.15, -0.1) is 0 Å². The van der Waals surface area contributed by atoms with Crippen LogP contribution in [0.2, 0.25) is 0 Å². The molecule has 0 aliphatic heterocycles. The molecule has 60 valence electrons. The van der Waals surface area contributed by atoms with Crippen molar-refractivity contribution in [1.82, 2.24) is 4.98 Å². The van der Waals surface area contributed by atoms with Gasteiger partial charge in [0.2, 0.25) is 0 Å². The lowest BCUT2D eigenvalue weighted by molar-refractivity contribution is 0.408. The molecule has 1 aromatic heterocycles. The SMILES string of the molecule is COc1cnccc1CCN. The van der Waals surface area contributed by atoms with Crippen LogP contribution in [0, 0.1) is 0 Å². The van der Waals surface area contributed by atoms with Crippen LogP contribution in [0.25, 0.3) is 0 Å². The summed E-state index contributed by atoms with van der Waals surface area (Å²) in [6.07, 6.45) is 4.28. The summed E-state index contributed by atoms with van der Waals surface area (Å²) in [5.74, 6) is 0.818. The molecular weight excluding hydrogens is 140 g/mol. The standard InChI is InChI=1S/C8H12N2O/c1-11-8-6-10-5-3-7(8)2-4-9/h3,5-6H,2,4,9H2,1H3. The first-order valence-corrected chi connectivity index (χ1v) is 3.55. The number of rotatable bonds is 3. The highest BCUT2D eigenvalue weighted by Crippen LogP contribution is 2.15. The number of aromatic nitrogens is 1. The van der Waals surface area contributed by atoms with E-state index in [9.17, 15) is 0 Å². The van der Waals surface area contributed by atoms with E-state index >= 15 is 0 Å². The Bertz CT molecular complexity index is 225. The molecule has 1 heterocycles. The van der Waals surface area contributed by atoms with Gasteiger partial charge in [-0.3, -0.25) is 4.98 Å². The molecule has 2 N–H and O–H groups in total. The summed E-state index contributed by atoms with van der Waals surface area (Å²) in [6.45, 7) is 0.639. The summed E-state index contributed by atoms with van der Waals surface area (Å²) in [5.41, 5.74) is 6.52. The summed E-state index contributed by atoms with van der Waals surface area (Å²) in [4.78, 5) is 3.93. The third-order valence-electron chi connectivity index (χ3n) is 1.50. The van der Waals surface area contributed by atoms with Crippen molar-refractivity contribution in [1.29, 1.82) is 0 Å². The summed E-state index contributed by atoms with van der Waals surface area (Å²) >= 11 is 0. The van der Waals surface area contributed by atoms with Crippen molar-refractivity contribution in [3.63, 3.8) is 0 Å². The summed E-state index contributed by atoms with van der Waals surface area (Å²) in [5, 5.41) is 0. The monoisotopic (exact) mass is 152 g/mol. The molecule has 3 heteroatoms. The van der Waals surface area contributed by atoms with Gasteiger partial charge in [0.25, 0.3) is 0 Å². The van der Waals surface area contributed by atoms with Crippen molar-refractivity contribution in [3.05, 3.63) is 24.0 Å². The van der Waals surface area contributed by atoms with E-state index in [-0.39, 0.29) is 0 Å². The minimum Gasteiger partial charge on any atom is -0.495 e. The number of hydrogen-bond donors (Lipinski definition) is 1. The molecule has 0 saturated heterocycles. The number of methoxy groups -OCH3 is 1. The Labute approximate surface area is 66.2 Å². The van der Waals surface area contributed by atoms with Crippen LogP contribution in [0.1, 0.15) is 5.56 Å². The van der Waals surface area contributed by atoms with E-state index in [2.05, 4.69) is 4.98 Å². The number of nitrogens with two attached hydrogens (primary N) is 1. The molecule has 0 aliphatic carbocycles. The highest BCUT2D eigenvalue weighted by molar-refractivity contribution is 5.29. The number of nitrogens with zero attached hydrogens (tertiary/aromatic N) is 1. The molecule has 0 unspecified atom stereocenters. The van der Waals surface area contributed by atoms with Crippen LogP contribution in [-0.2, 0) is 6.42 Å². The molecule has 0 aliphatic rings. The molecule has 1 rings (SSSR count). The second-order valence-electron chi connectivity index (χ2n) is 2.23. The van der Waals surface area contributed by atoms with E-state index in [1.165, 1.54) is 0 Å². The molecule has 0 radical (unpaired) electrons. The molecule has 0 bridgehead atoms. The van der Waals surface area contributed by atoms with Gasteiger partial charge in [-0.05, 0) is 24.6 Å². The van der Waals surface area contributed by atoms with E-state index in [1.807, 2.05) is 6.07 Å². The lowest BCUT2D eigenvalue weighted by Gasteiger charge is -2.04. The van der Waals surface area contributed by atoms with E-state index in [4.69, 9.17) is 10.5 Å². The third kappa shape index (κ3) is 1.91. The van der Waals surface area contributed by atoms with Crippen LogP contribution in [0.5, 0.6) is 5.75 Å². The second-order valence-corrected chi connectivity index (χ2v) is 2.23. The Kier molecular flexibility index (Phi) is 2.86. The van der Waals surface area contributed by atoms with Crippen molar-refractivity contribution in [3.8, 4) is 5.75 Å². The summed E-state index contributed by atoms with van der Waals surface area (Å²) < 4.78 is 5.08. The van der Waals surface area contributed by atoms with Crippen molar-refractivity contribution < 1.29 is 4.74 Å². The average Bonchev–Trinajstić information content (AvgIpc) is 2.06. The van der Waals surface area contributed by atoms with Crippen LogP contribution >= 0.6 is 0 Å². The smallest absolute Gasteiger partial charge is 0.140 e. The van der Waals surface area contributed by atoms with Gasteiger partial charge in [0.1, 0.15) is 5.75 Å². The Balaban J connectivity index is 2.83. The molecule has 1 aromatic rings. The van der Waals surface area contributed by atoms with Gasteiger partial charge < -0.3 is 10.5 Å². The van der Waals surface area contributed by atoms with E-state index in [0.717, 1.165) is 17.7 Å². The molecule has 0 atom stereocenters. The topological polar surface area (TPSA) is 48.1 Å². The Hall–Kier alpha value is -1.09. The van der Waals surface area contributed by atoms with Crippen molar-refractivity contribution in [2.45, 2.75) is 6.42 Å². The van der Waals surface area contributed by atoms with Crippen LogP contribution < -0.4 is 10.5 Å². The lowest BCUT2D eigenvalue weighted by Crippen LogP contribution is -2.04. The first kappa shape index (κ1) is 8.01. The first-order chi connectivity index (χ1) is 5.38. The molecule has 0 saturated carbocycles. The maximum atomic E-state index is 5.41. The zero-order valence-electron chi connectivity index (χ0n) is 6.58. The van der Waals surface area contributed by atoms with Crippen LogP contribution in [0.15, 0.2) is 18.5 Å². The molecule has 0 fully saturated rings. The predicted octanol–water partition coefficient (Wildman–Crippen LogP) is 0.591. The van der Waals surface area contributed by atoms with Gasteiger partial charge in [0.05, 0.1) is 13.3 Å². The third-order valence-corrected chi connectivity index (χ3v) is 1.50. The molecule has 3 nitrogen and oxygen atoms in total. The predicted molar refractivity (Wildman–Crippen MR) is 43.5 cm³/mol. The zero-order valence-corrected chi connectivity index (χ0v) is 6.58. The molecule has 0 amide bonds. The van der Waals surface area contributed by atoms with Gasteiger partial charge in [-0.25, -0.2) is 0 Å². The zero-order chi connectivity index (χ0) is 8.10. The highest BCUT2D eigenvalue weighted by atomic mass is 16.5. The van der Waals surface area contributed by atoms with Crippen molar-refractivity contribution in [2.24, 2.45) is 5.73 Å². The number of ether oxygens (including phenoxy) is 1. The normalized spacial score (nSPS) is 9.64. The van der Waals surface area contributed by atoms with Gasteiger partial charge in [0.15, 0.2) is 0 Å². The summed E-state index contributed by atoms with van der Waals surface area (Å²) in [7, 11) is 1.64. The van der Waals surface area contributed by atoms with Gasteiger partial charge in [0, 0.05) is 6.20 Å². The molecule has 0 spiro atoms. The second kappa shape index (κ2) is 3.93. The lowest BCUT2D eigenvalue weighted by atomic mass is 10.2. The maximum absolute atomic E-state index is 5.41. The number of pyridine rings is 1. The highest BCUT2D eigenvalue weighted by Gasteiger charge is 1.98. The Morgan fingerprint density at radius 1 is 1.64 bits per heavy atom. The minimum absolute atomic E-state index is 0.639. The van der Waals surface area contributed by atoms with Crippen LogP contribution in [-0.4, -0.2) is 18.6 Å². The number of hydrogen-bond acceptors (Lipinski definition) is 3. The van der Waals surface area contributed by atoms with Crippen molar-refractivity contribution in [2.75, 3.05) is 13.7 Å². The van der Waals surface area contributed by atoms with Crippen molar-refractivity contribution >= 4 is 0 Å². The molecule has 0 aromatic carbocycles. The van der Waals surface area contributed by atoms with Crippen LogP contribution in [0.4, 0.5) is 0 Å². The van der Waals surface area contributed by atoms with Gasteiger partial charge >= 0.3 is 0 Å². The first-order valence-electron chi connectivity index (χ1n) is 3.55. The van der Waals surface area contributed by atoms with E-state index < -0.39 is 0 Å².